The molecule has 0 aliphatic rings. The molecule has 0 aliphatic heterocycles. The van der Waals surface area contributed by atoms with E-state index in [4.69, 9.17) is 10.5 Å². The highest BCUT2D eigenvalue weighted by Gasteiger charge is 2.13. The number of anilines is 3. The van der Waals surface area contributed by atoms with E-state index >= 15 is 0 Å². The van der Waals surface area contributed by atoms with Crippen LogP contribution < -0.4 is 15.8 Å². The van der Waals surface area contributed by atoms with E-state index in [2.05, 4.69) is 31.2 Å². The van der Waals surface area contributed by atoms with Crippen molar-refractivity contribution in [1.82, 2.24) is 9.97 Å². The topological polar surface area (TPSA) is 73.1 Å². The molecule has 8 heteroatoms. The summed E-state index contributed by atoms with van der Waals surface area (Å²) in [6.45, 7) is 2.40. The van der Waals surface area contributed by atoms with E-state index in [9.17, 15) is 8.78 Å². The summed E-state index contributed by atoms with van der Waals surface area (Å²) in [4.78, 5) is 7.84. The fourth-order valence-electron chi connectivity index (χ4n) is 1.54. The molecule has 0 radical (unpaired) electrons. The number of nitrogens with zero attached hydrogens (tertiary/aromatic N) is 2. The quantitative estimate of drug-likeness (QED) is 0.798. The second-order valence-electron chi connectivity index (χ2n) is 4.16. The monoisotopic (exact) mass is 358 g/mol. The van der Waals surface area contributed by atoms with Crippen molar-refractivity contribution in [3.63, 3.8) is 0 Å². The minimum absolute atomic E-state index is 0.0371. The highest BCUT2D eigenvalue weighted by molar-refractivity contribution is 9.10. The average molecular weight is 359 g/mol. The lowest BCUT2D eigenvalue weighted by atomic mass is 10.3. The van der Waals surface area contributed by atoms with Crippen molar-refractivity contribution < 1.29 is 13.5 Å². The summed E-state index contributed by atoms with van der Waals surface area (Å²) in [5.41, 5.74) is 6.06. The Kier molecular flexibility index (Phi) is 4.89. The lowest BCUT2D eigenvalue weighted by molar-refractivity contribution is 0.307. The molecule has 0 saturated heterocycles. The van der Waals surface area contributed by atoms with Gasteiger partial charge in [0, 0.05) is 6.07 Å². The molecule has 0 amide bonds. The van der Waals surface area contributed by atoms with E-state index in [1.54, 1.807) is 0 Å². The van der Waals surface area contributed by atoms with Gasteiger partial charge in [-0.25, -0.2) is 13.8 Å². The molecule has 0 aliphatic carbocycles. The molecule has 0 bridgehead atoms. The van der Waals surface area contributed by atoms with Gasteiger partial charge in [0.1, 0.15) is 23.6 Å². The van der Waals surface area contributed by atoms with Crippen LogP contribution in [0.3, 0.4) is 0 Å². The molecule has 5 nitrogen and oxygen atoms in total. The zero-order valence-corrected chi connectivity index (χ0v) is 12.7. The van der Waals surface area contributed by atoms with Crippen LogP contribution in [0.15, 0.2) is 22.9 Å². The molecule has 1 aromatic carbocycles. The molecule has 2 aromatic rings. The van der Waals surface area contributed by atoms with Crippen LogP contribution >= 0.6 is 15.9 Å². The Hall–Kier alpha value is -1.96. The second-order valence-corrected chi connectivity index (χ2v) is 5.02. The van der Waals surface area contributed by atoms with E-state index in [1.807, 2.05) is 6.92 Å². The number of halogens is 3. The number of nitrogens with one attached hydrogen (secondary N) is 1. The minimum atomic E-state index is -0.760. The zero-order valence-electron chi connectivity index (χ0n) is 11.2. The minimum Gasteiger partial charge on any atom is -0.476 e. The first-order valence-electron chi connectivity index (χ1n) is 6.17. The number of nitrogens with two attached hydrogens (primary N) is 1. The van der Waals surface area contributed by atoms with Crippen LogP contribution in [0.25, 0.3) is 0 Å². The van der Waals surface area contributed by atoms with Crippen LogP contribution in [0.1, 0.15) is 13.3 Å². The molecule has 0 fully saturated rings. The summed E-state index contributed by atoms with van der Waals surface area (Å²) in [6.07, 6.45) is 2.05. The van der Waals surface area contributed by atoms with Crippen LogP contribution in [0, 0.1) is 11.6 Å². The number of hydrogen-bond acceptors (Lipinski definition) is 5. The number of hydrogen-bond donors (Lipinski definition) is 2. The highest BCUT2D eigenvalue weighted by Crippen LogP contribution is 2.30. The van der Waals surface area contributed by atoms with E-state index in [1.165, 1.54) is 12.4 Å². The summed E-state index contributed by atoms with van der Waals surface area (Å²) in [5.74, 6) is -1.05. The Morgan fingerprint density at radius 3 is 2.76 bits per heavy atom. The molecule has 21 heavy (non-hydrogen) atoms. The van der Waals surface area contributed by atoms with Gasteiger partial charge in [-0.3, -0.25) is 0 Å². The van der Waals surface area contributed by atoms with Crippen LogP contribution in [-0.2, 0) is 0 Å². The second kappa shape index (κ2) is 6.66. The predicted molar refractivity (Wildman–Crippen MR) is 79.6 cm³/mol. The fourth-order valence-corrected chi connectivity index (χ4v) is 1.88. The van der Waals surface area contributed by atoms with Crippen molar-refractivity contribution in [3.8, 4) is 5.88 Å². The number of ether oxygens (including phenoxy) is 1. The summed E-state index contributed by atoms with van der Waals surface area (Å²) in [5, 5.41) is 2.70. The van der Waals surface area contributed by atoms with Gasteiger partial charge >= 0.3 is 0 Å². The number of rotatable bonds is 5. The van der Waals surface area contributed by atoms with Crippen LogP contribution in [0.5, 0.6) is 5.88 Å². The molecule has 0 saturated carbocycles. The van der Waals surface area contributed by atoms with Crippen molar-refractivity contribution in [2.24, 2.45) is 0 Å². The third-order valence-electron chi connectivity index (χ3n) is 2.55. The first kappa shape index (κ1) is 15.4. The highest BCUT2D eigenvalue weighted by atomic mass is 79.9. The normalized spacial score (nSPS) is 10.5. The fraction of sp³-hybridized carbons (Fsp3) is 0.231. The van der Waals surface area contributed by atoms with E-state index < -0.39 is 11.6 Å². The number of nitrogen functional groups attached to an aromatic ring is 1. The van der Waals surface area contributed by atoms with Gasteiger partial charge in [0.2, 0.25) is 5.88 Å². The molecular formula is C13H13BrF2N4O. The summed E-state index contributed by atoms with van der Waals surface area (Å²) in [6, 6.07) is 2.02. The van der Waals surface area contributed by atoms with E-state index in [-0.39, 0.29) is 27.5 Å². The molecule has 0 unspecified atom stereocenters. The van der Waals surface area contributed by atoms with Gasteiger partial charge in [0.25, 0.3) is 0 Å². The number of benzene rings is 1. The Bertz CT molecular complexity index is 654. The van der Waals surface area contributed by atoms with Gasteiger partial charge in [-0.15, -0.1) is 0 Å². The Balaban J connectivity index is 2.29. The molecule has 3 N–H and O–H groups in total. The van der Waals surface area contributed by atoms with Crippen LogP contribution in [0.2, 0.25) is 0 Å². The predicted octanol–water partition coefficient (Wildman–Crippen LogP) is 3.63. The van der Waals surface area contributed by atoms with Crippen LogP contribution in [-0.4, -0.2) is 16.6 Å². The van der Waals surface area contributed by atoms with Crippen molar-refractivity contribution in [2.75, 3.05) is 17.7 Å². The maximum absolute atomic E-state index is 13.7. The van der Waals surface area contributed by atoms with Gasteiger partial charge < -0.3 is 15.8 Å². The zero-order chi connectivity index (χ0) is 15.4. The van der Waals surface area contributed by atoms with Crippen molar-refractivity contribution in [3.05, 3.63) is 34.6 Å². The summed E-state index contributed by atoms with van der Waals surface area (Å²) < 4.78 is 32.4. The summed E-state index contributed by atoms with van der Waals surface area (Å²) in [7, 11) is 0. The van der Waals surface area contributed by atoms with Gasteiger partial charge in [0.15, 0.2) is 5.82 Å². The van der Waals surface area contributed by atoms with Gasteiger partial charge in [-0.1, -0.05) is 6.92 Å². The first-order chi connectivity index (χ1) is 10.0. The number of aromatic nitrogens is 2. The smallest absolute Gasteiger partial charge is 0.242 e. The summed E-state index contributed by atoms with van der Waals surface area (Å²) >= 11 is 2.99. The SMILES string of the molecule is CCCOc1ncnc(Nc2cc(Br)c(F)cc2F)c1N. The van der Waals surface area contributed by atoms with Crippen molar-refractivity contribution in [1.29, 1.82) is 0 Å². The van der Waals surface area contributed by atoms with E-state index in [0.29, 0.717) is 6.61 Å². The van der Waals surface area contributed by atoms with Gasteiger partial charge in [0.05, 0.1) is 16.8 Å². The molecule has 112 valence electrons. The van der Waals surface area contributed by atoms with Crippen molar-refractivity contribution in [2.45, 2.75) is 13.3 Å². The van der Waals surface area contributed by atoms with Gasteiger partial charge in [-0.2, -0.15) is 4.98 Å². The maximum atomic E-state index is 13.7. The third kappa shape index (κ3) is 3.57. The molecule has 1 aromatic heterocycles. The molecule has 2 rings (SSSR count). The van der Waals surface area contributed by atoms with Crippen LogP contribution in [0.4, 0.5) is 26.0 Å². The van der Waals surface area contributed by atoms with Gasteiger partial charge in [-0.05, 0) is 28.4 Å². The lowest BCUT2D eigenvalue weighted by Gasteiger charge is -2.12. The Morgan fingerprint density at radius 1 is 1.29 bits per heavy atom. The molecular weight excluding hydrogens is 346 g/mol. The first-order valence-corrected chi connectivity index (χ1v) is 6.97. The Morgan fingerprint density at radius 2 is 2.05 bits per heavy atom. The molecule has 0 spiro atoms. The van der Waals surface area contributed by atoms with E-state index in [0.717, 1.165) is 12.5 Å². The molecule has 0 atom stereocenters. The third-order valence-corrected chi connectivity index (χ3v) is 3.16. The average Bonchev–Trinajstić information content (AvgIpc) is 2.45. The van der Waals surface area contributed by atoms with Crippen molar-refractivity contribution >= 4 is 33.1 Å². The largest absolute Gasteiger partial charge is 0.476 e. The maximum Gasteiger partial charge on any atom is 0.242 e. The molecule has 1 heterocycles. The lowest BCUT2D eigenvalue weighted by Crippen LogP contribution is -2.06. The standard InChI is InChI=1S/C13H13BrF2N4O/c1-2-3-21-13-11(17)12(18-6-19-13)20-10-4-7(14)8(15)5-9(10)16/h4-6H,2-3,17H2,1H3,(H,18,19,20). The Labute approximate surface area is 128 Å².